The number of carbonyl (C=O) groups excluding carboxylic acids is 2. The highest BCUT2D eigenvalue weighted by atomic mass is 19.1. The average Bonchev–Trinajstić information content (AvgIpc) is 3.52. The summed E-state index contributed by atoms with van der Waals surface area (Å²) < 4.78 is 15.9. The third-order valence-corrected chi connectivity index (χ3v) is 17.2. The largest absolute Gasteiger partial charge is 0.393 e. The highest BCUT2D eigenvalue weighted by Gasteiger charge is 2.66. The third-order valence-electron chi connectivity index (χ3n) is 17.2. The fourth-order valence-corrected chi connectivity index (χ4v) is 15.0. The van der Waals surface area contributed by atoms with Gasteiger partial charge in [0, 0.05) is 28.6 Å². The van der Waals surface area contributed by atoms with Crippen LogP contribution in [0.1, 0.15) is 106 Å². The van der Waals surface area contributed by atoms with Gasteiger partial charge in [-0.2, -0.15) is 0 Å². The molecule has 2 N–H and O–H groups in total. The van der Waals surface area contributed by atoms with E-state index in [0.717, 1.165) is 30.6 Å². The molecule has 5 unspecified atom stereocenters. The van der Waals surface area contributed by atoms with Crippen LogP contribution in [0.2, 0.25) is 0 Å². The van der Waals surface area contributed by atoms with Crippen molar-refractivity contribution in [3.63, 3.8) is 0 Å². The Labute approximate surface area is 287 Å². The first kappa shape index (κ1) is 33.3. The average molecular weight is 659 g/mol. The molecule has 262 valence electrons. The zero-order valence-corrected chi connectivity index (χ0v) is 30.1. The van der Waals surface area contributed by atoms with E-state index in [0.29, 0.717) is 23.3 Å². The van der Waals surface area contributed by atoms with Crippen molar-refractivity contribution < 1.29 is 24.2 Å². The molecule has 0 spiro atoms. The monoisotopic (exact) mass is 658 g/mol. The molecule has 8 aliphatic rings. The van der Waals surface area contributed by atoms with Gasteiger partial charge in [-0.15, -0.1) is 0 Å². The van der Waals surface area contributed by atoms with E-state index in [1.165, 1.54) is 56.3 Å². The minimum atomic E-state index is -1.24. The maximum atomic E-state index is 15.9. The van der Waals surface area contributed by atoms with E-state index in [-0.39, 0.29) is 58.9 Å². The fourth-order valence-electron chi connectivity index (χ4n) is 15.0. The Kier molecular flexibility index (Phi) is 7.68. The van der Waals surface area contributed by atoms with Crippen molar-refractivity contribution in [3.05, 3.63) is 47.6 Å². The lowest BCUT2D eigenvalue weighted by molar-refractivity contribution is -0.150. The first-order valence-electron chi connectivity index (χ1n) is 19.6. The summed E-state index contributed by atoms with van der Waals surface area (Å²) in [6, 6.07) is 0. The summed E-state index contributed by atoms with van der Waals surface area (Å²) in [7, 11) is 0. The van der Waals surface area contributed by atoms with E-state index < -0.39 is 29.2 Å². The maximum Gasteiger partial charge on any atom is 0.178 e. The van der Waals surface area contributed by atoms with Gasteiger partial charge >= 0.3 is 0 Å². The van der Waals surface area contributed by atoms with Crippen LogP contribution in [0.15, 0.2) is 47.6 Å². The lowest BCUT2D eigenvalue weighted by atomic mass is 9.46. The summed E-state index contributed by atoms with van der Waals surface area (Å²) in [4.78, 5) is 26.7. The van der Waals surface area contributed by atoms with Gasteiger partial charge in [-0.25, -0.2) is 4.39 Å². The van der Waals surface area contributed by atoms with Gasteiger partial charge in [0.15, 0.2) is 11.6 Å². The minimum absolute atomic E-state index is 0.000488. The smallest absolute Gasteiger partial charge is 0.178 e. The highest BCUT2D eigenvalue weighted by Crippen LogP contribution is 2.69. The quantitative estimate of drug-likeness (QED) is 0.298. The Morgan fingerprint density at radius 2 is 1.75 bits per heavy atom. The molecule has 0 aromatic rings. The number of aliphatic hydroxyl groups excluding tert-OH is 2. The number of hydrogen-bond donors (Lipinski definition) is 2. The van der Waals surface area contributed by atoms with Crippen molar-refractivity contribution in [3.8, 4) is 0 Å². The normalized spacial score (nSPS) is 54.1. The number of aliphatic hydroxyl groups is 2. The zero-order valence-electron chi connectivity index (χ0n) is 30.1. The predicted octanol–water partition coefficient (Wildman–Crippen LogP) is 8.39. The van der Waals surface area contributed by atoms with Crippen molar-refractivity contribution in [2.24, 2.45) is 80.8 Å². The first-order valence-corrected chi connectivity index (χ1v) is 19.6. The molecule has 0 saturated heterocycles. The van der Waals surface area contributed by atoms with Gasteiger partial charge in [0.05, 0.1) is 6.10 Å². The van der Waals surface area contributed by atoms with Crippen LogP contribution < -0.4 is 0 Å². The van der Waals surface area contributed by atoms with E-state index in [4.69, 9.17) is 0 Å². The molecule has 5 heteroatoms. The van der Waals surface area contributed by atoms with Gasteiger partial charge < -0.3 is 10.2 Å². The molecule has 0 bridgehead atoms. The molecular formula is C43H59FO4. The molecule has 6 fully saturated rings. The Bertz CT molecular complexity index is 1510. The molecule has 0 aromatic heterocycles. The van der Waals surface area contributed by atoms with Crippen LogP contribution in [0.4, 0.5) is 4.39 Å². The van der Waals surface area contributed by atoms with Crippen LogP contribution in [0.3, 0.4) is 0 Å². The number of carbonyl (C=O) groups is 2. The van der Waals surface area contributed by atoms with Crippen LogP contribution in [0.5, 0.6) is 0 Å². The molecule has 48 heavy (non-hydrogen) atoms. The molecule has 17 atom stereocenters. The number of fused-ring (bicyclic) bond motifs is 10. The van der Waals surface area contributed by atoms with E-state index >= 15 is 4.39 Å². The van der Waals surface area contributed by atoms with E-state index in [1.54, 1.807) is 0 Å². The van der Waals surface area contributed by atoms with Gasteiger partial charge in [-0.1, -0.05) is 77.8 Å². The van der Waals surface area contributed by atoms with Crippen LogP contribution >= 0.6 is 0 Å². The summed E-state index contributed by atoms with van der Waals surface area (Å²) in [5.74, 6) is 1.88. The maximum absolute atomic E-state index is 15.9. The summed E-state index contributed by atoms with van der Waals surface area (Å²) >= 11 is 0. The second kappa shape index (κ2) is 11.1. The number of ketones is 2. The van der Waals surface area contributed by atoms with Crippen molar-refractivity contribution in [2.75, 3.05) is 0 Å². The second-order valence-corrected chi connectivity index (χ2v) is 19.0. The SMILES string of the molecule is CC[C@H]1CC[C@H]2[C@@H]3CCC4=CC(C(O)C(=O)[C@H]5[C@H](C)CC6C7C[C@H](F)C8=CC(=O)C=C[C@]8(C)C7[C@@H](O)C[C@@]65C)C=C[C@]4(C)[C@H]3CC[C@]12C. The van der Waals surface area contributed by atoms with Gasteiger partial charge in [-0.05, 0) is 128 Å². The number of allylic oxidation sites excluding steroid dienone is 6. The van der Waals surface area contributed by atoms with Crippen LogP contribution in [0.25, 0.3) is 0 Å². The number of rotatable bonds is 4. The molecule has 8 aliphatic carbocycles. The Balaban J connectivity index is 1.02. The van der Waals surface area contributed by atoms with E-state index in [1.807, 2.05) is 13.0 Å². The molecule has 0 aromatic carbocycles. The Morgan fingerprint density at radius 1 is 0.979 bits per heavy atom. The van der Waals surface area contributed by atoms with Crippen molar-refractivity contribution in [2.45, 2.75) is 124 Å². The third kappa shape index (κ3) is 4.37. The number of halogens is 1. The van der Waals surface area contributed by atoms with Gasteiger partial charge in [0.2, 0.25) is 0 Å². The lowest BCUT2D eigenvalue weighted by Crippen LogP contribution is -2.58. The Hall–Kier alpha value is -1.85. The molecule has 0 aliphatic heterocycles. The van der Waals surface area contributed by atoms with Gasteiger partial charge in [0.25, 0.3) is 0 Å². The molecular weight excluding hydrogens is 599 g/mol. The number of alkyl halides is 1. The van der Waals surface area contributed by atoms with Crippen LogP contribution in [-0.4, -0.2) is 40.2 Å². The number of hydrogen-bond acceptors (Lipinski definition) is 4. The van der Waals surface area contributed by atoms with Crippen molar-refractivity contribution in [1.29, 1.82) is 0 Å². The topological polar surface area (TPSA) is 74.6 Å². The molecule has 6 saturated carbocycles. The molecule has 0 radical (unpaired) electrons. The van der Waals surface area contributed by atoms with E-state index in [9.17, 15) is 19.8 Å². The van der Waals surface area contributed by atoms with E-state index in [2.05, 4.69) is 52.8 Å². The summed E-state index contributed by atoms with van der Waals surface area (Å²) in [5.41, 5.74) is 1.18. The molecule has 4 nitrogen and oxygen atoms in total. The summed E-state index contributed by atoms with van der Waals surface area (Å²) in [6.07, 6.45) is 19.0. The molecule has 8 rings (SSSR count). The first-order chi connectivity index (χ1) is 22.7. The van der Waals surface area contributed by atoms with Gasteiger partial charge in [-0.3, -0.25) is 9.59 Å². The molecule has 0 amide bonds. The van der Waals surface area contributed by atoms with Crippen molar-refractivity contribution in [1.82, 2.24) is 0 Å². The summed E-state index contributed by atoms with van der Waals surface area (Å²) in [6.45, 7) is 13.6. The zero-order chi connectivity index (χ0) is 34.1. The van der Waals surface area contributed by atoms with Crippen molar-refractivity contribution >= 4 is 11.6 Å². The van der Waals surface area contributed by atoms with Crippen LogP contribution in [-0.2, 0) is 9.59 Å². The lowest BCUT2D eigenvalue weighted by Gasteiger charge is -2.59. The van der Waals surface area contributed by atoms with Gasteiger partial charge in [0.1, 0.15) is 12.3 Å². The van der Waals surface area contributed by atoms with Crippen LogP contribution in [0, 0.1) is 80.8 Å². The number of Topliss-reactive ketones (excluding diaryl/α,β-unsaturated/α-hetero) is 1. The summed E-state index contributed by atoms with van der Waals surface area (Å²) in [5, 5.41) is 23.7. The molecule has 0 heterocycles. The predicted molar refractivity (Wildman–Crippen MR) is 186 cm³/mol. The highest BCUT2D eigenvalue weighted by molar-refractivity contribution is 6.01. The second-order valence-electron chi connectivity index (χ2n) is 19.0. The minimum Gasteiger partial charge on any atom is -0.393 e. The fraction of sp³-hybridized carbons (Fsp3) is 0.767. The standard InChI is InChI=1S/C43H59FO4/c1-7-25-9-11-30-28-10-8-26-19-24(12-15-41(26,4)31(28)14-17-40(25,30)3)38(47)39(48)36-23(2)18-32-29-21-34(44)33-20-27(45)13-16-42(33,5)37(29)35(46)22-43(32,36)6/h12-13,15-16,19-20,23-25,28-32,34-38,46-47H,7-11,14,17-18,21-22H2,1-6H3/t23-,24?,25+,28+,29?,30+,31+,32?,34+,35+,36-,37?,38?,40-,41+,42+,43+/m1/s1. The Morgan fingerprint density at radius 3 is 2.50 bits per heavy atom.